The van der Waals surface area contributed by atoms with Crippen LogP contribution in [0.2, 0.25) is 5.02 Å². The summed E-state index contributed by atoms with van der Waals surface area (Å²) in [6.07, 6.45) is 0.765. The van der Waals surface area contributed by atoms with Crippen molar-refractivity contribution in [2.75, 3.05) is 10.2 Å². The van der Waals surface area contributed by atoms with Crippen molar-refractivity contribution in [2.45, 2.75) is 39.3 Å². The number of allylic oxidation sites excluding steroid dienone is 1. The zero-order valence-electron chi connectivity index (χ0n) is 24.8. The van der Waals surface area contributed by atoms with Crippen molar-refractivity contribution < 1.29 is 24.2 Å². The Morgan fingerprint density at radius 1 is 0.978 bits per heavy atom. The van der Waals surface area contributed by atoms with Crippen molar-refractivity contribution in [1.82, 2.24) is 0 Å². The molecule has 1 heterocycles. The van der Waals surface area contributed by atoms with E-state index in [4.69, 9.17) is 22.1 Å². The number of aromatic hydroxyl groups is 1. The number of para-hydroxylation sites is 1. The quantitative estimate of drug-likeness (QED) is 0.196. The molecule has 1 aliphatic heterocycles. The fourth-order valence-corrected chi connectivity index (χ4v) is 6.31. The maximum Gasteiger partial charge on any atom is 0.259 e. The van der Waals surface area contributed by atoms with E-state index in [-0.39, 0.29) is 34.5 Å². The van der Waals surface area contributed by atoms with E-state index in [2.05, 4.69) is 5.32 Å². The first kappa shape index (κ1) is 30.0. The van der Waals surface area contributed by atoms with Gasteiger partial charge in [-0.3, -0.25) is 19.3 Å². The molecule has 4 aromatic rings. The lowest BCUT2D eigenvalue weighted by molar-refractivity contribution is -0.118. The van der Waals surface area contributed by atoms with Crippen LogP contribution < -0.4 is 20.7 Å². The predicted molar refractivity (Wildman–Crippen MR) is 174 cm³/mol. The molecule has 0 bridgehead atoms. The molecule has 0 spiro atoms. The van der Waals surface area contributed by atoms with Crippen molar-refractivity contribution in [3.63, 3.8) is 0 Å². The van der Waals surface area contributed by atoms with Crippen molar-refractivity contribution in [3.8, 4) is 11.5 Å². The molecular formula is C36H32ClN3O5. The van der Waals surface area contributed by atoms with E-state index >= 15 is 0 Å². The number of ether oxygens (including phenoxy) is 1. The summed E-state index contributed by atoms with van der Waals surface area (Å²) in [7, 11) is 0. The lowest BCUT2D eigenvalue weighted by atomic mass is 9.73. The molecule has 2 amide bonds. The molecule has 6 rings (SSSR count). The number of anilines is 2. The molecule has 2 aliphatic rings. The van der Waals surface area contributed by atoms with Gasteiger partial charge in [0.2, 0.25) is 5.91 Å². The smallest absolute Gasteiger partial charge is 0.259 e. The third kappa shape index (κ3) is 5.89. The summed E-state index contributed by atoms with van der Waals surface area (Å²) < 4.78 is 6.01. The number of nitrogens with one attached hydrogen (secondary N) is 1. The standard InChI is InChI=1S/C36H32ClN3O5/c1-36(2)18-27-31(30(42)19-36)33(25-16-15-24(17-26(25)37)45-20-21-7-4-3-5-8-21)40(28-9-6-10-29(41)32(28)39-27)35(44)23-13-11-22(12-14-23)34(38)43/h3-17,33,39,41H,18-20H2,1-2H3,(H2,38,43). The average Bonchev–Trinajstić information content (AvgIpc) is 3.15. The second kappa shape index (κ2) is 11.8. The number of phenolic OH excluding ortho intramolecular Hbond substituents is 1. The molecule has 4 N–H and O–H groups in total. The highest BCUT2D eigenvalue weighted by atomic mass is 35.5. The van der Waals surface area contributed by atoms with Crippen molar-refractivity contribution in [2.24, 2.45) is 11.1 Å². The van der Waals surface area contributed by atoms with Gasteiger partial charge in [-0.05, 0) is 71.5 Å². The first-order valence-corrected chi connectivity index (χ1v) is 14.9. The maximum atomic E-state index is 14.5. The number of Topliss-reactive ketones (excluding diaryl/α,β-unsaturated/α-hetero) is 1. The summed E-state index contributed by atoms with van der Waals surface area (Å²) in [5.74, 6) is -0.756. The maximum absolute atomic E-state index is 14.5. The van der Waals surface area contributed by atoms with Gasteiger partial charge in [0, 0.05) is 33.8 Å². The highest BCUT2D eigenvalue weighted by Gasteiger charge is 2.44. The molecule has 0 aromatic heterocycles. The van der Waals surface area contributed by atoms with E-state index < -0.39 is 17.9 Å². The number of rotatable bonds is 6. The van der Waals surface area contributed by atoms with Crippen LogP contribution in [0.4, 0.5) is 11.4 Å². The monoisotopic (exact) mass is 621 g/mol. The number of nitrogens with zero attached hydrogens (tertiary/aromatic N) is 1. The number of carbonyl (C=O) groups excluding carboxylic acids is 3. The van der Waals surface area contributed by atoms with Crippen molar-refractivity contribution in [3.05, 3.63) is 130 Å². The summed E-state index contributed by atoms with van der Waals surface area (Å²) in [6.45, 7) is 4.36. The van der Waals surface area contributed by atoms with Crippen LogP contribution in [-0.2, 0) is 11.4 Å². The third-order valence-corrected chi connectivity index (χ3v) is 8.48. The van der Waals surface area contributed by atoms with Crippen LogP contribution in [0.25, 0.3) is 0 Å². The first-order valence-electron chi connectivity index (χ1n) is 14.6. The summed E-state index contributed by atoms with van der Waals surface area (Å²) >= 11 is 6.99. The Bertz CT molecular complexity index is 1850. The van der Waals surface area contributed by atoms with Gasteiger partial charge in [0.25, 0.3) is 5.91 Å². The van der Waals surface area contributed by atoms with Gasteiger partial charge >= 0.3 is 0 Å². The minimum absolute atomic E-state index is 0.0755. The number of fused-ring (bicyclic) bond motifs is 1. The van der Waals surface area contributed by atoms with Gasteiger partial charge in [-0.25, -0.2) is 0 Å². The summed E-state index contributed by atoms with van der Waals surface area (Å²) in [5.41, 5.74) is 8.78. The molecule has 1 atom stereocenters. The fourth-order valence-electron chi connectivity index (χ4n) is 6.04. The number of amides is 2. The Balaban J connectivity index is 1.52. The van der Waals surface area contributed by atoms with Crippen LogP contribution in [-0.4, -0.2) is 22.7 Å². The van der Waals surface area contributed by atoms with Crippen LogP contribution in [0, 0.1) is 5.41 Å². The average molecular weight is 622 g/mol. The minimum Gasteiger partial charge on any atom is -0.506 e. The summed E-state index contributed by atoms with van der Waals surface area (Å²) in [5, 5.41) is 14.7. The second-order valence-corrected chi connectivity index (χ2v) is 12.5. The van der Waals surface area contributed by atoms with Gasteiger partial charge in [0.1, 0.15) is 23.8 Å². The van der Waals surface area contributed by atoms with E-state index in [0.29, 0.717) is 52.0 Å². The Kier molecular flexibility index (Phi) is 7.85. The number of benzene rings is 4. The molecule has 0 saturated carbocycles. The number of ketones is 1. The van der Waals surface area contributed by atoms with Gasteiger partial charge < -0.3 is 20.9 Å². The Hall–Kier alpha value is -5.08. The van der Waals surface area contributed by atoms with Crippen LogP contribution in [0.5, 0.6) is 11.5 Å². The van der Waals surface area contributed by atoms with E-state index in [9.17, 15) is 19.5 Å². The number of primary amides is 1. The molecule has 1 aliphatic carbocycles. The Labute approximate surface area is 266 Å². The second-order valence-electron chi connectivity index (χ2n) is 12.1. The number of halogens is 1. The lowest BCUT2D eigenvalue weighted by Gasteiger charge is -2.37. The highest BCUT2D eigenvalue weighted by Crippen LogP contribution is 2.51. The van der Waals surface area contributed by atoms with Crippen LogP contribution in [0.1, 0.15) is 64.6 Å². The number of phenols is 1. The molecule has 9 heteroatoms. The fraction of sp³-hybridized carbons (Fsp3) is 0.194. The number of carbonyl (C=O) groups is 3. The SMILES string of the molecule is CC1(C)CC(=O)C2=C(C1)Nc1c(O)cccc1N(C(=O)c1ccc(C(N)=O)cc1)C2c1ccc(OCc2ccccc2)cc1Cl. The molecule has 1 unspecified atom stereocenters. The predicted octanol–water partition coefficient (Wildman–Crippen LogP) is 7.18. The zero-order chi connectivity index (χ0) is 31.9. The molecule has 0 fully saturated rings. The Morgan fingerprint density at radius 3 is 2.38 bits per heavy atom. The van der Waals surface area contributed by atoms with Gasteiger partial charge in [-0.1, -0.05) is 67.9 Å². The molecule has 8 nitrogen and oxygen atoms in total. The highest BCUT2D eigenvalue weighted by molar-refractivity contribution is 6.32. The zero-order valence-corrected chi connectivity index (χ0v) is 25.6. The number of hydrogen-bond donors (Lipinski definition) is 3. The number of nitrogens with two attached hydrogens (primary N) is 1. The van der Waals surface area contributed by atoms with Gasteiger partial charge in [-0.2, -0.15) is 0 Å². The molecular weight excluding hydrogens is 590 g/mol. The lowest BCUT2D eigenvalue weighted by Crippen LogP contribution is -2.39. The normalized spacial score (nSPS) is 17.1. The minimum atomic E-state index is -0.946. The van der Waals surface area contributed by atoms with E-state index in [1.54, 1.807) is 30.3 Å². The van der Waals surface area contributed by atoms with Gasteiger partial charge in [0.15, 0.2) is 5.78 Å². The third-order valence-electron chi connectivity index (χ3n) is 8.16. The topological polar surface area (TPSA) is 122 Å². The van der Waals surface area contributed by atoms with E-state index in [1.807, 2.05) is 44.2 Å². The molecule has 0 radical (unpaired) electrons. The molecule has 0 saturated heterocycles. The number of hydrogen-bond acceptors (Lipinski definition) is 6. The summed E-state index contributed by atoms with van der Waals surface area (Å²) in [4.78, 5) is 41.8. The molecule has 228 valence electrons. The van der Waals surface area contributed by atoms with Gasteiger partial charge in [-0.15, -0.1) is 0 Å². The van der Waals surface area contributed by atoms with Crippen LogP contribution in [0.3, 0.4) is 0 Å². The van der Waals surface area contributed by atoms with Crippen molar-refractivity contribution >= 4 is 40.6 Å². The van der Waals surface area contributed by atoms with Crippen LogP contribution >= 0.6 is 11.6 Å². The largest absolute Gasteiger partial charge is 0.506 e. The molecule has 45 heavy (non-hydrogen) atoms. The van der Waals surface area contributed by atoms with E-state index in [1.165, 1.54) is 35.2 Å². The van der Waals surface area contributed by atoms with E-state index in [0.717, 1.165) is 5.56 Å². The summed E-state index contributed by atoms with van der Waals surface area (Å²) in [6, 6.07) is 24.9. The van der Waals surface area contributed by atoms with Crippen molar-refractivity contribution in [1.29, 1.82) is 0 Å². The van der Waals surface area contributed by atoms with Gasteiger partial charge in [0.05, 0.1) is 11.7 Å². The van der Waals surface area contributed by atoms with Crippen LogP contribution in [0.15, 0.2) is 102 Å². The molecule has 4 aromatic carbocycles. The first-order chi connectivity index (χ1) is 21.5. The Morgan fingerprint density at radius 2 is 1.69 bits per heavy atom.